The van der Waals surface area contributed by atoms with Crippen LogP contribution >= 0.6 is 23.5 Å². The lowest BCUT2D eigenvalue weighted by Crippen LogP contribution is -2.01. The predicted octanol–water partition coefficient (Wildman–Crippen LogP) is 4.57. The quantitative estimate of drug-likeness (QED) is 0.487. The van der Waals surface area contributed by atoms with Gasteiger partial charge in [0.15, 0.2) is 5.78 Å². The fourth-order valence-corrected chi connectivity index (χ4v) is 3.85. The van der Waals surface area contributed by atoms with Gasteiger partial charge in [-0.05, 0) is 13.8 Å². The molecule has 0 aliphatic heterocycles. The van der Waals surface area contributed by atoms with Crippen LogP contribution < -0.4 is 0 Å². The highest BCUT2D eigenvalue weighted by molar-refractivity contribution is 6.99. The lowest BCUT2D eigenvalue weighted by molar-refractivity contribution is 0.103. The lowest BCUT2D eigenvalue weighted by atomic mass is 9.99. The lowest BCUT2D eigenvalue weighted by Gasteiger charge is -2.04. The van der Waals surface area contributed by atoms with Gasteiger partial charge < -0.3 is 0 Å². The van der Waals surface area contributed by atoms with Crippen LogP contribution in [-0.2, 0) is 0 Å². The third kappa shape index (κ3) is 3.07. The van der Waals surface area contributed by atoms with Crippen molar-refractivity contribution in [1.82, 2.24) is 17.5 Å². The molecule has 4 aromatic rings. The molecule has 0 spiro atoms. The van der Waals surface area contributed by atoms with Crippen LogP contribution in [0.2, 0.25) is 0 Å². The van der Waals surface area contributed by atoms with E-state index in [2.05, 4.69) is 17.5 Å². The van der Waals surface area contributed by atoms with E-state index in [9.17, 15) is 4.79 Å². The maximum Gasteiger partial charge on any atom is 0.193 e. The van der Waals surface area contributed by atoms with E-state index in [0.717, 1.165) is 33.9 Å². The fraction of sp³-hybridized carbons (Fsp3) is 0.105. The Kier molecular flexibility index (Phi) is 4.40. The standard InChI is InChI=1S/C19H14N4OS2/c1-11-17(22-25-20-11)13-3-7-15(8-4-13)19(24)16-9-5-14(6-10-16)18-12(2)21-26-23-18/h3-10H,1-2H3. The van der Waals surface area contributed by atoms with Crippen molar-refractivity contribution in [3.05, 3.63) is 71.0 Å². The SMILES string of the molecule is Cc1nsnc1-c1ccc(C(=O)c2ccc(-c3nsnc3C)cc2)cc1. The second-order valence-corrected chi connectivity index (χ2v) is 6.94. The molecule has 0 atom stereocenters. The molecule has 0 aliphatic carbocycles. The molecule has 0 radical (unpaired) electrons. The Balaban J connectivity index is 1.58. The van der Waals surface area contributed by atoms with E-state index in [1.807, 2.05) is 62.4 Å². The zero-order chi connectivity index (χ0) is 18.1. The number of rotatable bonds is 4. The maximum atomic E-state index is 12.7. The first-order valence-corrected chi connectivity index (χ1v) is 9.43. The Labute approximate surface area is 159 Å². The van der Waals surface area contributed by atoms with Crippen molar-refractivity contribution in [2.24, 2.45) is 0 Å². The first-order valence-electron chi connectivity index (χ1n) is 7.97. The number of aryl methyl sites for hydroxylation is 2. The first kappa shape index (κ1) is 16.7. The summed E-state index contributed by atoms with van der Waals surface area (Å²) in [7, 11) is 0. The Morgan fingerprint density at radius 2 is 1.04 bits per heavy atom. The van der Waals surface area contributed by atoms with Crippen LogP contribution in [0.25, 0.3) is 22.5 Å². The normalized spacial score (nSPS) is 10.8. The number of aromatic nitrogens is 4. The molecule has 2 heterocycles. The van der Waals surface area contributed by atoms with E-state index in [1.165, 1.54) is 23.5 Å². The highest BCUT2D eigenvalue weighted by Crippen LogP contribution is 2.24. The van der Waals surface area contributed by atoms with E-state index in [1.54, 1.807) is 0 Å². The summed E-state index contributed by atoms with van der Waals surface area (Å²) in [4.78, 5) is 12.7. The summed E-state index contributed by atoms with van der Waals surface area (Å²) in [6.45, 7) is 3.86. The predicted molar refractivity (Wildman–Crippen MR) is 104 cm³/mol. The van der Waals surface area contributed by atoms with Crippen LogP contribution in [0.1, 0.15) is 27.3 Å². The average Bonchev–Trinajstić information content (AvgIpc) is 3.29. The van der Waals surface area contributed by atoms with Gasteiger partial charge in [-0.15, -0.1) is 0 Å². The van der Waals surface area contributed by atoms with Crippen LogP contribution in [0.5, 0.6) is 0 Å². The second kappa shape index (κ2) is 6.86. The molecule has 5 nitrogen and oxygen atoms in total. The van der Waals surface area contributed by atoms with Crippen LogP contribution in [0.3, 0.4) is 0 Å². The minimum atomic E-state index is -0.00986. The van der Waals surface area contributed by atoms with Crippen molar-refractivity contribution in [2.45, 2.75) is 13.8 Å². The van der Waals surface area contributed by atoms with Gasteiger partial charge in [-0.3, -0.25) is 4.79 Å². The Hall–Kier alpha value is -2.77. The number of hydrogen-bond donors (Lipinski definition) is 0. The van der Waals surface area contributed by atoms with Gasteiger partial charge in [0, 0.05) is 22.3 Å². The largest absolute Gasteiger partial charge is 0.289 e. The van der Waals surface area contributed by atoms with Crippen LogP contribution in [0.4, 0.5) is 0 Å². The molecule has 2 aromatic heterocycles. The van der Waals surface area contributed by atoms with E-state index in [-0.39, 0.29) is 5.78 Å². The Morgan fingerprint density at radius 3 is 1.35 bits per heavy atom. The number of nitrogens with zero attached hydrogens (tertiary/aromatic N) is 4. The molecule has 0 saturated heterocycles. The summed E-state index contributed by atoms with van der Waals surface area (Å²) >= 11 is 2.39. The van der Waals surface area contributed by atoms with Crippen LogP contribution in [0, 0.1) is 13.8 Å². The highest BCUT2D eigenvalue weighted by Gasteiger charge is 2.12. The molecule has 0 aliphatic rings. The third-order valence-electron chi connectivity index (χ3n) is 4.15. The second-order valence-electron chi connectivity index (χ2n) is 5.88. The summed E-state index contributed by atoms with van der Waals surface area (Å²) in [6, 6.07) is 15.0. The average molecular weight is 378 g/mol. The molecule has 26 heavy (non-hydrogen) atoms. The molecule has 7 heteroatoms. The number of carbonyl (C=O) groups is 1. The number of benzene rings is 2. The van der Waals surface area contributed by atoms with E-state index in [4.69, 9.17) is 0 Å². The summed E-state index contributed by atoms with van der Waals surface area (Å²) in [5.41, 5.74) is 6.76. The van der Waals surface area contributed by atoms with Gasteiger partial charge in [0.25, 0.3) is 0 Å². The molecule has 0 N–H and O–H groups in total. The zero-order valence-corrected chi connectivity index (χ0v) is 15.8. The van der Waals surface area contributed by atoms with Gasteiger partial charge in [0.05, 0.1) is 34.8 Å². The van der Waals surface area contributed by atoms with E-state index in [0.29, 0.717) is 11.1 Å². The van der Waals surface area contributed by atoms with Gasteiger partial charge in [-0.2, -0.15) is 17.5 Å². The van der Waals surface area contributed by atoms with E-state index < -0.39 is 0 Å². The number of ketones is 1. The third-order valence-corrected chi connectivity index (χ3v) is 5.39. The van der Waals surface area contributed by atoms with Crippen molar-refractivity contribution in [2.75, 3.05) is 0 Å². The molecule has 0 bridgehead atoms. The fourth-order valence-electron chi connectivity index (χ4n) is 2.71. The van der Waals surface area contributed by atoms with Crippen molar-refractivity contribution in [3.8, 4) is 22.5 Å². The van der Waals surface area contributed by atoms with Gasteiger partial charge in [0.2, 0.25) is 0 Å². The summed E-state index contributed by atoms with van der Waals surface area (Å²) < 4.78 is 17.0. The monoisotopic (exact) mass is 378 g/mol. The Morgan fingerprint density at radius 1 is 0.654 bits per heavy atom. The molecular formula is C19H14N4OS2. The molecule has 0 unspecified atom stereocenters. The molecule has 128 valence electrons. The summed E-state index contributed by atoms with van der Waals surface area (Å²) in [5.74, 6) is -0.00986. The minimum absolute atomic E-state index is 0.00986. The van der Waals surface area contributed by atoms with Crippen molar-refractivity contribution < 1.29 is 4.79 Å². The highest BCUT2D eigenvalue weighted by atomic mass is 32.1. The molecule has 4 rings (SSSR count). The molecular weight excluding hydrogens is 364 g/mol. The van der Waals surface area contributed by atoms with Crippen molar-refractivity contribution in [3.63, 3.8) is 0 Å². The van der Waals surface area contributed by atoms with Crippen LogP contribution in [-0.4, -0.2) is 23.3 Å². The summed E-state index contributed by atoms with van der Waals surface area (Å²) in [6.07, 6.45) is 0. The summed E-state index contributed by atoms with van der Waals surface area (Å²) in [5, 5.41) is 0. The minimum Gasteiger partial charge on any atom is -0.289 e. The van der Waals surface area contributed by atoms with Crippen molar-refractivity contribution >= 4 is 29.2 Å². The molecule has 2 aromatic carbocycles. The topological polar surface area (TPSA) is 68.6 Å². The van der Waals surface area contributed by atoms with E-state index >= 15 is 0 Å². The smallest absolute Gasteiger partial charge is 0.193 e. The Bertz CT molecular complexity index is 980. The van der Waals surface area contributed by atoms with Crippen molar-refractivity contribution in [1.29, 1.82) is 0 Å². The number of hydrogen-bond acceptors (Lipinski definition) is 7. The molecule has 0 saturated carbocycles. The van der Waals surface area contributed by atoms with Crippen LogP contribution in [0.15, 0.2) is 48.5 Å². The van der Waals surface area contributed by atoms with Gasteiger partial charge in [0.1, 0.15) is 11.4 Å². The van der Waals surface area contributed by atoms with Gasteiger partial charge in [-0.1, -0.05) is 48.5 Å². The zero-order valence-electron chi connectivity index (χ0n) is 14.1. The molecule has 0 fully saturated rings. The van der Waals surface area contributed by atoms with Gasteiger partial charge in [-0.25, -0.2) is 0 Å². The molecule has 0 amide bonds. The maximum absolute atomic E-state index is 12.7. The number of carbonyl (C=O) groups excluding carboxylic acids is 1. The first-order chi connectivity index (χ1) is 12.6. The van der Waals surface area contributed by atoms with Gasteiger partial charge >= 0.3 is 0 Å².